The summed E-state index contributed by atoms with van der Waals surface area (Å²) in [5.74, 6) is 0.525. The van der Waals surface area contributed by atoms with E-state index >= 15 is 0 Å². The van der Waals surface area contributed by atoms with E-state index < -0.39 is 25.5 Å². The van der Waals surface area contributed by atoms with E-state index in [9.17, 15) is 4.79 Å². The van der Waals surface area contributed by atoms with Crippen LogP contribution in [0.15, 0.2) is 30.3 Å². The Hall–Kier alpha value is -1.59. The summed E-state index contributed by atoms with van der Waals surface area (Å²) in [4.78, 5) is 11.8. The van der Waals surface area contributed by atoms with Gasteiger partial charge in [0.1, 0.15) is 6.10 Å². The molecule has 5 nitrogen and oxygen atoms in total. The first kappa shape index (κ1) is 19.5. The number of carbonyl (C=O) groups excluding carboxylic acids is 1. The van der Waals surface area contributed by atoms with Gasteiger partial charge in [-0.1, -0.05) is 44.2 Å². The molecule has 0 bridgehead atoms. The summed E-state index contributed by atoms with van der Waals surface area (Å²) in [7, 11) is 0. The summed E-state index contributed by atoms with van der Waals surface area (Å²) < 4.78 is 10.3. The second-order valence-electron chi connectivity index (χ2n) is 6.09. The van der Waals surface area contributed by atoms with E-state index in [0.29, 0.717) is 5.92 Å². The minimum Gasteiger partial charge on any atom is -0.431 e. The third-order valence-corrected chi connectivity index (χ3v) is 3.60. The standard InChI is InChI=1S/C18H28O5/c1-14(2)8-10-16(11-9-15-6-4-3-5-7-15)22-18(21)23-17(12-19)13-20/h3-7,14,16-17,19-20H,8-13H2,1-2H3. The Kier molecular flexibility index (Phi) is 9.33. The zero-order valence-corrected chi connectivity index (χ0v) is 14.0. The lowest BCUT2D eigenvalue weighted by molar-refractivity contribution is -0.0369. The van der Waals surface area contributed by atoms with Crippen molar-refractivity contribution in [1.82, 2.24) is 0 Å². The Morgan fingerprint density at radius 3 is 2.13 bits per heavy atom. The highest BCUT2D eigenvalue weighted by Gasteiger charge is 2.19. The van der Waals surface area contributed by atoms with Gasteiger partial charge in [0.05, 0.1) is 13.2 Å². The molecule has 0 aliphatic rings. The SMILES string of the molecule is CC(C)CCC(CCc1ccccc1)OC(=O)OC(CO)CO. The molecule has 0 saturated heterocycles. The second-order valence-corrected chi connectivity index (χ2v) is 6.09. The maximum atomic E-state index is 11.8. The van der Waals surface area contributed by atoms with Gasteiger partial charge in [0, 0.05) is 0 Å². The van der Waals surface area contributed by atoms with Gasteiger partial charge in [-0.3, -0.25) is 0 Å². The smallest absolute Gasteiger partial charge is 0.431 e. The summed E-state index contributed by atoms with van der Waals surface area (Å²) in [6.07, 6.45) is 1.26. The fraction of sp³-hybridized carbons (Fsp3) is 0.611. The Labute approximate surface area is 138 Å². The van der Waals surface area contributed by atoms with Crippen molar-refractivity contribution < 1.29 is 24.5 Å². The average molecular weight is 324 g/mol. The first-order chi connectivity index (χ1) is 11.0. The van der Waals surface area contributed by atoms with E-state index in [0.717, 1.165) is 25.7 Å². The van der Waals surface area contributed by atoms with Gasteiger partial charge in [-0.25, -0.2) is 4.79 Å². The van der Waals surface area contributed by atoms with Crippen LogP contribution in [0.4, 0.5) is 4.79 Å². The highest BCUT2D eigenvalue weighted by atomic mass is 16.7. The van der Waals surface area contributed by atoms with Gasteiger partial charge < -0.3 is 19.7 Å². The maximum absolute atomic E-state index is 11.8. The van der Waals surface area contributed by atoms with Crippen LogP contribution in [0.1, 0.15) is 38.7 Å². The van der Waals surface area contributed by atoms with E-state index in [1.54, 1.807) is 0 Å². The Morgan fingerprint density at radius 2 is 1.57 bits per heavy atom. The fourth-order valence-electron chi connectivity index (χ4n) is 2.19. The fourth-order valence-corrected chi connectivity index (χ4v) is 2.19. The normalized spacial score (nSPS) is 12.4. The predicted molar refractivity (Wildman–Crippen MR) is 88.1 cm³/mol. The van der Waals surface area contributed by atoms with Crippen LogP contribution in [0.3, 0.4) is 0 Å². The van der Waals surface area contributed by atoms with Crippen molar-refractivity contribution in [3.63, 3.8) is 0 Å². The molecule has 0 radical (unpaired) electrons. The van der Waals surface area contributed by atoms with Crippen LogP contribution in [0.25, 0.3) is 0 Å². The van der Waals surface area contributed by atoms with Crippen LogP contribution in [-0.2, 0) is 15.9 Å². The molecule has 1 unspecified atom stereocenters. The Morgan fingerprint density at radius 1 is 0.957 bits per heavy atom. The second kappa shape index (κ2) is 11.0. The lowest BCUT2D eigenvalue weighted by atomic mass is 10.00. The first-order valence-corrected chi connectivity index (χ1v) is 8.18. The number of carbonyl (C=O) groups is 1. The molecule has 1 atom stereocenters. The minimum atomic E-state index is -0.928. The predicted octanol–water partition coefficient (Wildman–Crippen LogP) is 2.93. The number of aryl methyl sites for hydroxylation is 1. The van der Waals surface area contributed by atoms with Crippen molar-refractivity contribution in [1.29, 1.82) is 0 Å². The van der Waals surface area contributed by atoms with E-state index in [1.807, 2.05) is 30.3 Å². The summed E-state index contributed by atoms with van der Waals surface area (Å²) in [6, 6.07) is 10.0. The van der Waals surface area contributed by atoms with Crippen molar-refractivity contribution in [2.45, 2.75) is 51.7 Å². The minimum absolute atomic E-state index is 0.233. The molecule has 0 aliphatic carbocycles. The largest absolute Gasteiger partial charge is 0.508 e. The third-order valence-electron chi connectivity index (χ3n) is 3.60. The highest BCUT2D eigenvalue weighted by molar-refractivity contribution is 5.60. The molecule has 0 fully saturated rings. The number of rotatable bonds is 10. The number of aliphatic hydroxyl groups is 2. The van der Waals surface area contributed by atoms with Crippen molar-refractivity contribution >= 4 is 6.16 Å². The van der Waals surface area contributed by atoms with Crippen LogP contribution in [0.2, 0.25) is 0 Å². The van der Waals surface area contributed by atoms with Crippen molar-refractivity contribution in [3.8, 4) is 0 Å². The molecule has 0 amide bonds. The molecule has 0 saturated carbocycles. The molecule has 0 heterocycles. The number of hydrogen-bond acceptors (Lipinski definition) is 5. The highest BCUT2D eigenvalue weighted by Crippen LogP contribution is 2.16. The lowest BCUT2D eigenvalue weighted by Crippen LogP contribution is -2.29. The van der Waals surface area contributed by atoms with Crippen LogP contribution in [0, 0.1) is 5.92 Å². The summed E-state index contributed by atoms with van der Waals surface area (Å²) in [5.41, 5.74) is 1.20. The third kappa shape index (κ3) is 8.57. The van der Waals surface area contributed by atoms with Gasteiger partial charge >= 0.3 is 6.16 Å². The molecule has 130 valence electrons. The van der Waals surface area contributed by atoms with Gasteiger partial charge in [0.25, 0.3) is 0 Å². The Balaban J connectivity index is 2.51. The van der Waals surface area contributed by atoms with E-state index in [2.05, 4.69) is 13.8 Å². The lowest BCUT2D eigenvalue weighted by Gasteiger charge is -2.20. The molecule has 0 aliphatic heterocycles. The zero-order chi connectivity index (χ0) is 17.1. The summed E-state index contributed by atoms with van der Waals surface area (Å²) >= 11 is 0. The molecule has 2 N–H and O–H groups in total. The maximum Gasteiger partial charge on any atom is 0.508 e. The molecule has 1 aromatic carbocycles. The quantitative estimate of drug-likeness (QED) is 0.647. The van der Waals surface area contributed by atoms with Crippen molar-refractivity contribution in [3.05, 3.63) is 35.9 Å². The van der Waals surface area contributed by atoms with Crippen LogP contribution < -0.4 is 0 Å². The van der Waals surface area contributed by atoms with Gasteiger partial charge in [-0.05, 0) is 37.2 Å². The Bertz CT molecular complexity index is 428. The van der Waals surface area contributed by atoms with Crippen LogP contribution in [0.5, 0.6) is 0 Å². The van der Waals surface area contributed by atoms with Crippen LogP contribution in [-0.4, -0.2) is 41.8 Å². The van der Waals surface area contributed by atoms with E-state index in [4.69, 9.17) is 19.7 Å². The molecular weight excluding hydrogens is 296 g/mol. The number of hydrogen-bond donors (Lipinski definition) is 2. The molecule has 0 aromatic heterocycles. The van der Waals surface area contributed by atoms with Gasteiger partial charge in [0.15, 0.2) is 6.10 Å². The van der Waals surface area contributed by atoms with Crippen molar-refractivity contribution in [2.24, 2.45) is 5.92 Å². The molecule has 1 rings (SSSR count). The van der Waals surface area contributed by atoms with E-state index in [-0.39, 0.29) is 6.10 Å². The van der Waals surface area contributed by atoms with Crippen molar-refractivity contribution in [2.75, 3.05) is 13.2 Å². The molecule has 23 heavy (non-hydrogen) atoms. The molecule has 1 aromatic rings. The summed E-state index contributed by atoms with van der Waals surface area (Å²) in [6.45, 7) is 3.40. The first-order valence-electron chi connectivity index (χ1n) is 8.18. The van der Waals surface area contributed by atoms with Crippen LogP contribution >= 0.6 is 0 Å². The monoisotopic (exact) mass is 324 g/mol. The molecular formula is C18H28O5. The van der Waals surface area contributed by atoms with E-state index in [1.165, 1.54) is 5.56 Å². The number of benzene rings is 1. The summed E-state index contributed by atoms with van der Waals surface area (Å²) in [5, 5.41) is 17.9. The number of aliphatic hydroxyl groups excluding tert-OH is 2. The molecule has 0 spiro atoms. The van der Waals surface area contributed by atoms with Gasteiger partial charge in [0.2, 0.25) is 0 Å². The average Bonchev–Trinajstić information content (AvgIpc) is 2.55. The number of ether oxygens (including phenoxy) is 2. The zero-order valence-electron chi connectivity index (χ0n) is 14.0. The topological polar surface area (TPSA) is 76.0 Å². The molecule has 5 heteroatoms. The van der Waals surface area contributed by atoms with Gasteiger partial charge in [-0.2, -0.15) is 0 Å². The van der Waals surface area contributed by atoms with Gasteiger partial charge in [-0.15, -0.1) is 0 Å².